The molecule has 0 fully saturated rings. The highest BCUT2D eigenvalue weighted by molar-refractivity contribution is 7.10. The largest absolute Gasteiger partial charge is 0.354 e. The van der Waals surface area contributed by atoms with Crippen molar-refractivity contribution in [1.82, 2.24) is 4.98 Å². The average Bonchev–Trinajstić information content (AvgIpc) is 3.28. The molecule has 4 rings (SSSR count). The van der Waals surface area contributed by atoms with E-state index in [0.717, 1.165) is 32.6 Å². The lowest BCUT2D eigenvalue weighted by atomic mass is 9.92. The Morgan fingerprint density at radius 2 is 1.76 bits per heavy atom. The Morgan fingerprint density at radius 3 is 2.48 bits per heavy atom. The maximum atomic E-state index is 11.4. The number of para-hydroxylation sites is 1. The molecule has 5 heteroatoms. The predicted molar refractivity (Wildman–Crippen MR) is 102 cm³/mol. The Bertz CT molecular complexity index is 1010. The van der Waals surface area contributed by atoms with Crippen molar-refractivity contribution in [3.8, 4) is 11.3 Å². The van der Waals surface area contributed by atoms with E-state index in [9.17, 15) is 10.1 Å². The average molecular weight is 348 g/mol. The number of nitro groups is 1. The standard InChI is InChI=1S/C20H16N2O2S/c23-22(24)13-16(18-11-6-12-25-18)19-15-9-4-5-10-17(15)21-20(19)14-7-2-1-3-8-14/h1-12,16,21H,13H2. The molecule has 1 N–H and O–H groups in total. The predicted octanol–water partition coefficient (Wildman–Crippen LogP) is 5.31. The molecule has 0 radical (unpaired) electrons. The lowest BCUT2D eigenvalue weighted by Gasteiger charge is -2.14. The molecule has 2 aromatic heterocycles. The smallest absolute Gasteiger partial charge is 0.215 e. The summed E-state index contributed by atoms with van der Waals surface area (Å²) in [4.78, 5) is 15.7. The van der Waals surface area contributed by atoms with Crippen molar-refractivity contribution in [2.75, 3.05) is 6.54 Å². The van der Waals surface area contributed by atoms with E-state index in [1.807, 2.05) is 72.1 Å². The van der Waals surface area contributed by atoms with Crippen molar-refractivity contribution in [3.05, 3.63) is 92.7 Å². The van der Waals surface area contributed by atoms with Crippen LogP contribution in [0.1, 0.15) is 16.4 Å². The first-order valence-corrected chi connectivity index (χ1v) is 8.93. The van der Waals surface area contributed by atoms with Crippen LogP contribution in [0.3, 0.4) is 0 Å². The molecule has 0 amide bonds. The number of fused-ring (bicyclic) bond motifs is 1. The third-order valence-electron chi connectivity index (χ3n) is 4.38. The van der Waals surface area contributed by atoms with Crippen molar-refractivity contribution in [2.24, 2.45) is 0 Å². The Labute approximate surface area is 148 Å². The fourth-order valence-corrected chi connectivity index (χ4v) is 4.15. The van der Waals surface area contributed by atoms with Gasteiger partial charge in [0.05, 0.1) is 11.6 Å². The van der Waals surface area contributed by atoms with E-state index in [2.05, 4.69) is 4.98 Å². The zero-order chi connectivity index (χ0) is 17.2. The normalized spacial score (nSPS) is 12.3. The molecule has 0 aliphatic rings. The molecule has 4 nitrogen and oxygen atoms in total. The fraction of sp³-hybridized carbons (Fsp3) is 0.100. The Hall–Kier alpha value is -2.92. The second-order valence-corrected chi connectivity index (χ2v) is 6.89. The number of thiophene rings is 1. The molecule has 124 valence electrons. The van der Waals surface area contributed by atoms with E-state index in [4.69, 9.17) is 0 Å². The van der Waals surface area contributed by atoms with Crippen LogP contribution >= 0.6 is 11.3 Å². The summed E-state index contributed by atoms with van der Waals surface area (Å²) in [6.07, 6.45) is 0. The molecule has 1 unspecified atom stereocenters. The van der Waals surface area contributed by atoms with Gasteiger partial charge in [-0.2, -0.15) is 0 Å². The van der Waals surface area contributed by atoms with E-state index >= 15 is 0 Å². The van der Waals surface area contributed by atoms with Crippen LogP contribution in [-0.2, 0) is 0 Å². The van der Waals surface area contributed by atoms with Crippen LogP contribution in [0.25, 0.3) is 22.2 Å². The van der Waals surface area contributed by atoms with Gasteiger partial charge in [0.15, 0.2) is 0 Å². The number of aromatic nitrogens is 1. The van der Waals surface area contributed by atoms with Crippen LogP contribution in [-0.4, -0.2) is 16.5 Å². The summed E-state index contributed by atoms with van der Waals surface area (Å²) in [5, 5.41) is 14.4. The topological polar surface area (TPSA) is 58.9 Å². The van der Waals surface area contributed by atoms with Gasteiger partial charge in [-0.25, -0.2) is 0 Å². The van der Waals surface area contributed by atoms with Crippen LogP contribution in [0.15, 0.2) is 72.1 Å². The molecule has 2 heterocycles. The van der Waals surface area contributed by atoms with Gasteiger partial charge in [0.1, 0.15) is 0 Å². The molecule has 0 saturated heterocycles. The number of benzene rings is 2. The summed E-state index contributed by atoms with van der Waals surface area (Å²) in [7, 11) is 0. The lowest BCUT2D eigenvalue weighted by Crippen LogP contribution is -2.13. The Morgan fingerprint density at radius 1 is 1.00 bits per heavy atom. The highest BCUT2D eigenvalue weighted by Gasteiger charge is 2.28. The first-order chi connectivity index (χ1) is 12.2. The second-order valence-electron chi connectivity index (χ2n) is 5.91. The first kappa shape index (κ1) is 15.6. The molecule has 1 atom stereocenters. The Balaban J connectivity index is 1.99. The molecule has 0 aliphatic heterocycles. The lowest BCUT2D eigenvalue weighted by molar-refractivity contribution is -0.481. The van der Waals surface area contributed by atoms with Crippen molar-refractivity contribution in [3.63, 3.8) is 0 Å². The van der Waals surface area contributed by atoms with Gasteiger partial charge in [0.2, 0.25) is 6.54 Å². The summed E-state index contributed by atoms with van der Waals surface area (Å²) in [6, 6.07) is 21.9. The van der Waals surface area contributed by atoms with E-state index in [1.54, 1.807) is 11.3 Å². The van der Waals surface area contributed by atoms with Gasteiger partial charge in [0.25, 0.3) is 0 Å². The van der Waals surface area contributed by atoms with Gasteiger partial charge in [-0.1, -0.05) is 54.6 Å². The summed E-state index contributed by atoms with van der Waals surface area (Å²) in [5.41, 5.74) is 4.00. The van der Waals surface area contributed by atoms with Crippen molar-refractivity contribution in [1.29, 1.82) is 0 Å². The van der Waals surface area contributed by atoms with Crippen molar-refractivity contribution >= 4 is 22.2 Å². The Kier molecular flexibility index (Phi) is 4.07. The van der Waals surface area contributed by atoms with Crippen LogP contribution in [0.4, 0.5) is 0 Å². The zero-order valence-electron chi connectivity index (χ0n) is 13.4. The van der Waals surface area contributed by atoms with Gasteiger partial charge in [0, 0.05) is 26.3 Å². The van der Waals surface area contributed by atoms with E-state index in [0.29, 0.717) is 0 Å². The first-order valence-electron chi connectivity index (χ1n) is 8.05. The minimum atomic E-state index is -0.277. The molecule has 2 aromatic carbocycles. The maximum absolute atomic E-state index is 11.4. The third-order valence-corrected chi connectivity index (χ3v) is 5.36. The van der Waals surface area contributed by atoms with E-state index < -0.39 is 0 Å². The number of rotatable bonds is 5. The summed E-state index contributed by atoms with van der Waals surface area (Å²) >= 11 is 1.57. The minimum Gasteiger partial charge on any atom is -0.354 e. The molecule has 25 heavy (non-hydrogen) atoms. The quantitative estimate of drug-likeness (QED) is 0.393. The highest BCUT2D eigenvalue weighted by atomic mass is 32.1. The molecule has 4 aromatic rings. The fourth-order valence-electron chi connectivity index (χ4n) is 3.32. The van der Waals surface area contributed by atoms with Gasteiger partial charge >= 0.3 is 0 Å². The summed E-state index contributed by atoms with van der Waals surface area (Å²) in [5.74, 6) is -0.277. The molecular formula is C20H16N2O2S. The molecule has 0 saturated carbocycles. The van der Waals surface area contributed by atoms with Crippen LogP contribution in [0.2, 0.25) is 0 Å². The van der Waals surface area contributed by atoms with Crippen molar-refractivity contribution < 1.29 is 4.92 Å². The molecule has 0 spiro atoms. The molecule has 0 bridgehead atoms. The van der Waals surface area contributed by atoms with E-state index in [1.165, 1.54) is 0 Å². The number of H-pyrrole nitrogens is 1. The third kappa shape index (κ3) is 2.94. The molecule has 0 aliphatic carbocycles. The van der Waals surface area contributed by atoms with Crippen LogP contribution in [0, 0.1) is 10.1 Å². The highest BCUT2D eigenvalue weighted by Crippen LogP contribution is 2.40. The summed E-state index contributed by atoms with van der Waals surface area (Å²) in [6.45, 7) is -0.123. The number of hydrogen-bond donors (Lipinski definition) is 1. The minimum absolute atomic E-state index is 0.123. The van der Waals surface area contributed by atoms with Gasteiger partial charge < -0.3 is 4.98 Å². The van der Waals surface area contributed by atoms with Gasteiger partial charge in [-0.15, -0.1) is 11.3 Å². The van der Waals surface area contributed by atoms with Gasteiger partial charge in [-0.05, 0) is 23.1 Å². The van der Waals surface area contributed by atoms with Crippen LogP contribution < -0.4 is 0 Å². The molecular weight excluding hydrogens is 332 g/mol. The van der Waals surface area contributed by atoms with Crippen LogP contribution in [0.5, 0.6) is 0 Å². The zero-order valence-corrected chi connectivity index (χ0v) is 14.2. The van der Waals surface area contributed by atoms with E-state index in [-0.39, 0.29) is 17.4 Å². The number of hydrogen-bond acceptors (Lipinski definition) is 3. The van der Waals surface area contributed by atoms with Crippen molar-refractivity contribution in [2.45, 2.75) is 5.92 Å². The monoisotopic (exact) mass is 348 g/mol. The second kappa shape index (κ2) is 6.53. The van der Waals surface area contributed by atoms with Gasteiger partial charge in [-0.3, -0.25) is 10.1 Å². The number of aromatic amines is 1. The number of nitrogens with zero attached hydrogens (tertiary/aromatic N) is 1. The number of nitrogens with one attached hydrogen (secondary N) is 1. The maximum Gasteiger partial charge on any atom is 0.215 e. The SMILES string of the molecule is O=[N+]([O-])CC(c1cccs1)c1c(-c2ccccc2)[nH]c2ccccc12. The summed E-state index contributed by atoms with van der Waals surface area (Å²) < 4.78 is 0.